The molecule has 2 heterocycles. The van der Waals surface area contributed by atoms with E-state index in [0.29, 0.717) is 17.7 Å². The van der Waals surface area contributed by atoms with E-state index in [1.807, 2.05) is 0 Å². The third-order valence-electron chi connectivity index (χ3n) is 5.70. The van der Waals surface area contributed by atoms with Crippen LogP contribution in [0.25, 0.3) is 0 Å². The van der Waals surface area contributed by atoms with Crippen molar-refractivity contribution < 1.29 is 4.74 Å². The van der Waals surface area contributed by atoms with Crippen LogP contribution in [0.3, 0.4) is 0 Å². The second-order valence-corrected chi connectivity index (χ2v) is 7.60. The van der Waals surface area contributed by atoms with Gasteiger partial charge in [-0.3, -0.25) is 4.90 Å². The van der Waals surface area contributed by atoms with E-state index in [9.17, 15) is 0 Å². The van der Waals surface area contributed by atoms with Gasteiger partial charge in [0.1, 0.15) is 0 Å². The fourth-order valence-electron chi connectivity index (χ4n) is 4.48. The molecule has 0 bridgehead atoms. The first-order valence-corrected chi connectivity index (χ1v) is 8.79. The third-order valence-corrected chi connectivity index (χ3v) is 5.70. The molecule has 20 heavy (non-hydrogen) atoms. The van der Waals surface area contributed by atoms with Crippen LogP contribution in [0.15, 0.2) is 0 Å². The first-order chi connectivity index (χ1) is 9.69. The normalized spacial score (nSPS) is 35.0. The third kappa shape index (κ3) is 3.20. The van der Waals surface area contributed by atoms with Gasteiger partial charge in [0.15, 0.2) is 0 Å². The SMILES string of the molecule is CC(C)C1CNC2(CCCCC2)CN1CC1CCCO1. The van der Waals surface area contributed by atoms with E-state index in [2.05, 4.69) is 24.1 Å². The summed E-state index contributed by atoms with van der Waals surface area (Å²) in [6.45, 7) is 9.29. The molecule has 3 aliphatic rings. The van der Waals surface area contributed by atoms with Crippen molar-refractivity contribution in [1.82, 2.24) is 10.2 Å². The van der Waals surface area contributed by atoms with Crippen molar-refractivity contribution in [2.45, 2.75) is 76.5 Å². The topological polar surface area (TPSA) is 24.5 Å². The van der Waals surface area contributed by atoms with Gasteiger partial charge in [0.25, 0.3) is 0 Å². The van der Waals surface area contributed by atoms with Gasteiger partial charge in [-0.15, -0.1) is 0 Å². The highest BCUT2D eigenvalue weighted by Crippen LogP contribution is 2.33. The number of nitrogens with zero attached hydrogens (tertiary/aromatic N) is 1. The maximum Gasteiger partial charge on any atom is 0.0702 e. The molecule has 2 unspecified atom stereocenters. The molecule has 1 aliphatic carbocycles. The number of hydrogen-bond donors (Lipinski definition) is 1. The maximum atomic E-state index is 5.90. The van der Waals surface area contributed by atoms with Gasteiger partial charge < -0.3 is 10.1 Å². The van der Waals surface area contributed by atoms with Crippen LogP contribution >= 0.6 is 0 Å². The number of ether oxygens (including phenoxy) is 1. The smallest absolute Gasteiger partial charge is 0.0702 e. The van der Waals surface area contributed by atoms with E-state index in [1.54, 1.807) is 0 Å². The van der Waals surface area contributed by atoms with Crippen LogP contribution in [0.5, 0.6) is 0 Å². The molecule has 0 aromatic heterocycles. The molecule has 1 saturated carbocycles. The summed E-state index contributed by atoms with van der Waals surface area (Å²) in [4.78, 5) is 2.77. The molecule has 3 nitrogen and oxygen atoms in total. The van der Waals surface area contributed by atoms with Crippen LogP contribution in [0, 0.1) is 5.92 Å². The molecule has 0 amide bonds. The molecule has 1 N–H and O–H groups in total. The van der Waals surface area contributed by atoms with Gasteiger partial charge >= 0.3 is 0 Å². The zero-order chi connectivity index (χ0) is 14.0. The maximum absolute atomic E-state index is 5.90. The van der Waals surface area contributed by atoms with E-state index >= 15 is 0 Å². The standard InChI is InChI=1S/C17H32N2O/c1-14(2)16-11-18-17(8-4-3-5-9-17)13-19(16)12-15-7-6-10-20-15/h14-16,18H,3-13H2,1-2H3. The molecule has 0 radical (unpaired) electrons. The molecule has 2 atom stereocenters. The van der Waals surface area contributed by atoms with Crippen molar-refractivity contribution >= 4 is 0 Å². The number of rotatable bonds is 3. The van der Waals surface area contributed by atoms with Crippen molar-refractivity contribution in [2.75, 3.05) is 26.2 Å². The molecular formula is C17H32N2O. The Hall–Kier alpha value is -0.120. The summed E-state index contributed by atoms with van der Waals surface area (Å²) in [7, 11) is 0. The van der Waals surface area contributed by atoms with E-state index in [-0.39, 0.29) is 0 Å². The summed E-state index contributed by atoms with van der Waals surface area (Å²) in [5, 5.41) is 3.94. The van der Waals surface area contributed by atoms with Crippen molar-refractivity contribution in [1.29, 1.82) is 0 Å². The average molecular weight is 280 g/mol. The summed E-state index contributed by atoms with van der Waals surface area (Å²) in [5.41, 5.74) is 0.419. The molecular weight excluding hydrogens is 248 g/mol. The molecule has 0 aromatic carbocycles. The summed E-state index contributed by atoms with van der Waals surface area (Å²) in [6, 6.07) is 0.687. The summed E-state index contributed by atoms with van der Waals surface area (Å²) in [5.74, 6) is 0.727. The Kier molecular flexibility index (Phi) is 4.68. The number of nitrogens with one attached hydrogen (secondary N) is 1. The largest absolute Gasteiger partial charge is 0.377 e. The van der Waals surface area contributed by atoms with E-state index in [4.69, 9.17) is 4.74 Å². The molecule has 116 valence electrons. The molecule has 3 fully saturated rings. The van der Waals surface area contributed by atoms with Gasteiger partial charge in [0, 0.05) is 37.8 Å². The Labute approximate surface area is 124 Å². The Morgan fingerprint density at radius 2 is 2.00 bits per heavy atom. The van der Waals surface area contributed by atoms with Crippen LogP contribution in [-0.2, 0) is 4.74 Å². The van der Waals surface area contributed by atoms with Crippen molar-refractivity contribution in [2.24, 2.45) is 5.92 Å². The molecule has 3 heteroatoms. The molecule has 0 aromatic rings. The fourth-order valence-corrected chi connectivity index (χ4v) is 4.48. The highest BCUT2D eigenvalue weighted by molar-refractivity contribution is 5.00. The second-order valence-electron chi connectivity index (χ2n) is 7.60. The predicted molar refractivity (Wildman–Crippen MR) is 83.0 cm³/mol. The average Bonchev–Trinajstić information content (AvgIpc) is 2.92. The minimum atomic E-state index is 0.419. The van der Waals surface area contributed by atoms with E-state index < -0.39 is 0 Å². The summed E-state index contributed by atoms with van der Waals surface area (Å²) < 4.78 is 5.90. The van der Waals surface area contributed by atoms with Crippen LogP contribution in [0.1, 0.15) is 58.8 Å². The van der Waals surface area contributed by atoms with Crippen molar-refractivity contribution in [3.05, 3.63) is 0 Å². The Morgan fingerprint density at radius 3 is 2.65 bits per heavy atom. The van der Waals surface area contributed by atoms with Gasteiger partial charge in [-0.1, -0.05) is 33.1 Å². The fraction of sp³-hybridized carbons (Fsp3) is 1.00. The summed E-state index contributed by atoms with van der Waals surface area (Å²) in [6.07, 6.45) is 10.0. The quantitative estimate of drug-likeness (QED) is 0.860. The number of piperazine rings is 1. The van der Waals surface area contributed by atoms with Crippen LogP contribution in [0.2, 0.25) is 0 Å². The Balaban J connectivity index is 1.66. The van der Waals surface area contributed by atoms with Gasteiger partial charge in [-0.25, -0.2) is 0 Å². The van der Waals surface area contributed by atoms with Crippen molar-refractivity contribution in [3.63, 3.8) is 0 Å². The van der Waals surface area contributed by atoms with Crippen LogP contribution in [-0.4, -0.2) is 48.8 Å². The van der Waals surface area contributed by atoms with Gasteiger partial charge in [-0.05, 0) is 31.6 Å². The monoisotopic (exact) mass is 280 g/mol. The Morgan fingerprint density at radius 1 is 1.20 bits per heavy atom. The zero-order valence-corrected chi connectivity index (χ0v) is 13.4. The molecule has 3 rings (SSSR count). The Bertz CT molecular complexity index is 306. The minimum Gasteiger partial charge on any atom is -0.377 e. The lowest BCUT2D eigenvalue weighted by Gasteiger charge is -2.51. The zero-order valence-electron chi connectivity index (χ0n) is 13.4. The van der Waals surface area contributed by atoms with Crippen LogP contribution < -0.4 is 5.32 Å². The van der Waals surface area contributed by atoms with Gasteiger partial charge in [-0.2, -0.15) is 0 Å². The lowest BCUT2D eigenvalue weighted by molar-refractivity contribution is -0.00324. The predicted octanol–water partition coefficient (Wildman–Crippen LogP) is 2.80. The lowest BCUT2D eigenvalue weighted by atomic mass is 9.78. The molecule has 1 spiro atoms. The number of hydrogen-bond acceptors (Lipinski definition) is 3. The van der Waals surface area contributed by atoms with Crippen LogP contribution in [0.4, 0.5) is 0 Å². The van der Waals surface area contributed by atoms with E-state index in [0.717, 1.165) is 19.1 Å². The first kappa shape index (κ1) is 14.8. The van der Waals surface area contributed by atoms with E-state index in [1.165, 1.54) is 58.0 Å². The first-order valence-electron chi connectivity index (χ1n) is 8.79. The van der Waals surface area contributed by atoms with Gasteiger partial charge in [0.05, 0.1) is 6.10 Å². The minimum absolute atomic E-state index is 0.419. The molecule has 2 aliphatic heterocycles. The highest BCUT2D eigenvalue weighted by atomic mass is 16.5. The summed E-state index contributed by atoms with van der Waals surface area (Å²) >= 11 is 0. The second kappa shape index (κ2) is 6.33. The lowest BCUT2D eigenvalue weighted by Crippen LogP contribution is -2.66. The van der Waals surface area contributed by atoms with Gasteiger partial charge in [0.2, 0.25) is 0 Å². The highest BCUT2D eigenvalue weighted by Gasteiger charge is 2.41. The molecule has 2 saturated heterocycles. The van der Waals surface area contributed by atoms with Crippen molar-refractivity contribution in [3.8, 4) is 0 Å².